The zero-order valence-electron chi connectivity index (χ0n) is 33.1. The summed E-state index contributed by atoms with van der Waals surface area (Å²) in [5.74, 6) is -1.69. The summed E-state index contributed by atoms with van der Waals surface area (Å²) in [6.07, 6.45) is -5.90. The molecule has 11 heteroatoms. The zero-order valence-corrected chi connectivity index (χ0v) is 33.1. The first-order valence-electron chi connectivity index (χ1n) is 19.9. The molecule has 57 heavy (non-hydrogen) atoms. The van der Waals surface area contributed by atoms with Crippen molar-refractivity contribution in [2.75, 3.05) is 13.2 Å². The molecule has 4 aliphatic heterocycles. The number of rotatable bonds is 17. The van der Waals surface area contributed by atoms with Crippen molar-refractivity contribution in [1.29, 1.82) is 0 Å². The largest absolute Gasteiger partial charge is 0.374 e. The van der Waals surface area contributed by atoms with Crippen LogP contribution in [0.3, 0.4) is 0 Å². The molecule has 4 aromatic carbocycles. The number of fused-ring (bicyclic) bond motifs is 3. The molecule has 0 aliphatic carbocycles. The van der Waals surface area contributed by atoms with Crippen LogP contribution in [0.15, 0.2) is 121 Å². The minimum absolute atomic E-state index is 0.0989. The number of ether oxygens (including phenoxy) is 11. The molecule has 0 aromatic heterocycles. The summed E-state index contributed by atoms with van der Waals surface area (Å²) in [7, 11) is 0. The van der Waals surface area contributed by atoms with Gasteiger partial charge in [0.1, 0.15) is 48.8 Å². The monoisotopic (exact) mass is 782 g/mol. The highest BCUT2D eigenvalue weighted by Gasteiger charge is 2.61. The van der Waals surface area contributed by atoms with Gasteiger partial charge in [-0.3, -0.25) is 0 Å². The minimum atomic E-state index is -0.872. The quantitative estimate of drug-likeness (QED) is 0.110. The summed E-state index contributed by atoms with van der Waals surface area (Å²) in [6.45, 7) is 9.25. The molecule has 4 fully saturated rings. The summed E-state index contributed by atoms with van der Waals surface area (Å²) >= 11 is 0. The Hall–Kier alpha value is -3.56. The van der Waals surface area contributed by atoms with E-state index >= 15 is 0 Å². The first-order chi connectivity index (χ1) is 27.7. The lowest BCUT2D eigenvalue weighted by Crippen LogP contribution is -2.56. The van der Waals surface area contributed by atoms with E-state index in [0.29, 0.717) is 26.4 Å². The SMILES string of the molecule is CC1(C)O[C@H]2[C@@H](O1)[C@@H](CO[C@H]1O[C@H]([C@@H](COCc3ccccc3)OCc3ccccc3)[C@H](OCc3ccccc3)[C@@H]1OCc1ccccc1)O[C@@H]1OC(C)(C)O[C@@H]12. The van der Waals surface area contributed by atoms with Gasteiger partial charge in [0.25, 0.3) is 0 Å². The molecule has 304 valence electrons. The van der Waals surface area contributed by atoms with Crippen molar-refractivity contribution in [3.8, 4) is 0 Å². The Labute approximate surface area is 335 Å². The summed E-state index contributed by atoms with van der Waals surface area (Å²) < 4.78 is 72.0. The molecular formula is C46H54O11. The van der Waals surface area contributed by atoms with Gasteiger partial charge in [-0.15, -0.1) is 0 Å². The fourth-order valence-corrected chi connectivity index (χ4v) is 7.88. The number of hydrogen-bond acceptors (Lipinski definition) is 11. The summed E-state index contributed by atoms with van der Waals surface area (Å²) in [6, 6.07) is 40.2. The van der Waals surface area contributed by atoms with Gasteiger partial charge in [0.15, 0.2) is 24.2 Å². The van der Waals surface area contributed by atoms with Crippen LogP contribution in [0.25, 0.3) is 0 Å². The molecule has 0 spiro atoms. The van der Waals surface area contributed by atoms with Gasteiger partial charge < -0.3 is 52.1 Å². The van der Waals surface area contributed by atoms with Gasteiger partial charge in [-0.1, -0.05) is 121 Å². The minimum Gasteiger partial charge on any atom is -0.374 e. The highest BCUT2D eigenvalue weighted by molar-refractivity contribution is 5.16. The molecule has 4 saturated heterocycles. The summed E-state index contributed by atoms with van der Waals surface area (Å²) in [5.41, 5.74) is 4.11. The Bertz CT molecular complexity index is 1810. The lowest BCUT2D eigenvalue weighted by molar-refractivity contribution is -0.263. The first-order valence-corrected chi connectivity index (χ1v) is 19.9. The van der Waals surface area contributed by atoms with Gasteiger partial charge in [0.2, 0.25) is 0 Å². The van der Waals surface area contributed by atoms with E-state index in [-0.39, 0.29) is 13.2 Å². The van der Waals surface area contributed by atoms with Crippen LogP contribution in [0.2, 0.25) is 0 Å². The Balaban J connectivity index is 1.07. The second-order valence-electron chi connectivity index (χ2n) is 15.9. The predicted octanol–water partition coefficient (Wildman–Crippen LogP) is 7.10. The average Bonchev–Trinajstić information content (AvgIpc) is 3.86. The van der Waals surface area contributed by atoms with Gasteiger partial charge in [0.05, 0.1) is 39.6 Å². The Kier molecular flexibility index (Phi) is 12.8. The van der Waals surface area contributed by atoms with Crippen molar-refractivity contribution in [2.24, 2.45) is 0 Å². The Morgan fingerprint density at radius 3 is 1.60 bits per heavy atom. The van der Waals surface area contributed by atoms with Gasteiger partial charge >= 0.3 is 0 Å². The van der Waals surface area contributed by atoms with Crippen LogP contribution in [0.1, 0.15) is 49.9 Å². The molecule has 0 radical (unpaired) electrons. The lowest BCUT2D eigenvalue weighted by atomic mass is 9.99. The van der Waals surface area contributed by atoms with Crippen LogP contribution >= 0.6 is 0 Å². The van der Waals surface area contributed by atoms with E-state index in [9.17, 15) is 0 Å². The smallest absolute Gasteiger partial charge is 0.190 e. The molecule has 4 aromatic rings. The predicted molar refractivity (Wildman–Crippen MR) is 208 cm³/mol. The van der Waals surface area contributed by atoms with Crippen molar-refractivity contribution in [2.45, 2.75) is 127 Å². The second-order valence-corrected chi connectivity index (χ2v) is 15.9. The van der Waals surface area contributed by atoms with Crippen LogP contribution in [-0.4, -0.2) is 86.2 Å². The fourth-order valence-electron chi connectivity index (χ4n) is 7.88. The number of benzene rings is 4. The van der Waals surface area contributed by atoms with Crippen LogP contribution in [-0.2, 0) is 78.5 Å². The van der Waals surface area contributed by atoms with E-state index in [1.165, 1.54) is 0 Å². The van der Waals surface area contributed by atoms with Gasteiger partial charge in [-0.2, -0.15) is 0 Å². The summed E-state index contributed by atoms with van der Waals surface area (Å²) in [4.78, 5) is 0. The molecule has 4 heterocycles. The molecule has 0 saturated carbocycles. The molecule has 0 bridgehead atoms. The van der Waals surface area contributed by atoms with Crippen LogP contribution < -0.4 is 0 Å². The standard InChI is InChI=1S/C46H54O11/c1-45(2)54-38-36(52-44-42(40(38)55-45)56-46(3,4)57-44)30-51-43-41(50-28-34-23-15-8-16-24-34)39(49-27-33-21-13-7-14-22-33)37(53-43)35(48-26-32-19-11-6-12-20-32)29-47-25-31-17-9-5-10-18-31/h5-24,35-44H,25-30H2,1-4H3/t35-,36-,37-,38+,39+,40+,41+,42-,43+,44-/m1/s1. The van der Waals surface area contributed by atoms with Crippen molar-refractivity contribution < 1.29 is 52.1 Å². The highest BCUT2D eigenvalue weighted by Crippen LogP contribution is 2.44. The van der Waals surface area contributed by atoms with E-state index in [2.05, 4.69) is 0 Å². The molecular weight excluding hydrogens is 728 g/mol. The van der Waals surface area contributed by atoms with Crippen LogP contribution in [0.4, 0.5) is 0 Å². The zero-order chi connectivity index (χ0) is 39.2. The third-order valence-corrected chi connectivity index (χ3v) is 10.5. The molecule has 0 N–H and O–H groups in total. The van der Waals surface area contributed by atoms with Gasteiger partial charge in [-0.25, -0.2) is 0 Å². The molecule has 0 amide bonds. The van der Waals surface area contributed by atoms with Crippen LogP contribution in [0, 0.1) is 0 Å². The third-order valence-electron chi connectivity index (χ3n) is 10.5. The van der Waals surface area contributed by atoms with Crippen molar-refractivity contribution in [3.63, 3.8) is 0 Å². The molecule has 0 unspecified atom stereocenters. The Morgan fingerprint density at radius 2 is 1.00 bits per heavy atom. The maximum Gasteiger partial charge on any atom is 0.190 e. The normalized spacial score (nSPS) is 30.5. The average molecular weight is 783 g/mol. The number of hydrogen-bond donors (Lipinski definition) is 0. The van der Waals surface area contributed by atoms with E-state index < -0.39 is 73.0 Å². The van der Waals surface area contributed by atoms with E-state index in [1.54, 1.807) is 0 Å². The van der Waals surface area contributed by atoms with Crippen molar-refractivity contribution in [1.82, 2.24) is 0 Å². The van der Waals surface area contributed by atoms with E-state index in [0.717, 1.165) is 22.3 Å². The highest BCUT2D eigenvalue weighted by atomic mass is 16.9. The third kappa shape index (κ3) is 10.2. The molecule has 11 nitrogen and oxygen atoms in total. The van der Waals surface area contributed by atoms with Gasteiger partial charge in [-0.05, 0) is 49.9 Å². The van der Waals surface area contributed by atoms with E-state index in [1.807, 2.05) is 149 Å². The molecule has 4 aliphatic rings. The van der Waals surface area contributed by atoms with Crippen molar-refractivity contribution >= 4 is 0 Å². The topological polar surface area (TPSA) is 102 Å². The summed E-state index contributed by atoms with van der Waals surface area (Å²) in [5, 5.41) is 0. The second kappa shape index (κ2) is 18.1. The molecule has 10 atom stereocenters. The van der Waals surface area contributed by atoms with E-state index in [4.69, 9.17) is 52.1 Å². The fraction of sp³-hybridized carbons (Fsp3) is 0.478. The maximum atomic E-state index is 6.92. The van der Waals surface area contributed by atoms with Crippen LogP contribution in [0.5, 0.6) is 0 Å². The maximum absolute atomic E-state index is 6.92. The first kappa shape index (κ1) is 40.2. The van der Waals surface area contributed by atoms with Gasteiger partial charge in [0, 0.05) is 0 Å². The molecule has 8 rings (SSSR count). The van der Waals surface area contributed by atoms with Crippen molar-refractivity contribution in [3.05, 3.63) is 144 Å². The lowest BCUT2D eigenvalue weighted by Gasteiger charge is -2.37. The Morgan fingerprint density at radius 1 is 0.509 bits per heavy atom.